The van der Waals surface area contributed by atoms with Crippen LogP contribution in [0.5, 0.6) is 0 Å². The van der Waals surface area contributed by atoms with E-state index < -0.39 is 11.2 Å². The van der Waals surface area contributed by atoms with Crippen LogP contribution < -0.4 is 11.2 Å². The van der Waals surface area contributed by atoms with Crippen molar-refractivity contribution in [3.8, 4) is 11.4 Å². The van der Waals surface area contributed by atoms with Gasteiger partial charge in [0.25, 0.3) is 5.56 Å². The van der Waals surface area contributed by atoms with Gasteiger partial charge in [-0.25, -0.2) is 9.20 Å². The highest BCUT2D eigenvalue weighted by atomic mass is 35.5. The number of aromatic amines is 1. The normalized spacial score (nSPS) is 11.6. The van der Waals surface area contributed by atoms with Crippen molar-refractivity contribution in [2.45, 2.75) is 20.4 Å². The van der Waals surface area contributed by atoms with Crippen LogP contribution in [0.2, 0.25) is 5.02 Å². The SMILES string of the molecule is Cc1ccc(C)c(Cn2c3c(=O)[nH]c(=O)n(C)c3n3c(-c4ccc(Cl)cc4)nnc23)c1. The number of benzene rings is 2. The van der Waals surface area contributed by atoms with E-state index in [0.717, 1.165) is 22.3 Å². The zero-order chi connectivity index (χ0) is 21.9. The van der Waals surface area contributed by atoms with Gasteiger partial charge in [-0.05, 0) is 49.2 Å². The van der Waals surface area contributed by atoms with Crippen LogP contribution >= 0.6 is 11.6 Å². The molecule has 0 radical (unpaired) electrons. The fourth-order valence-corrected chi connectivity index (χ4v) is 4.04. The van der Waals surface area contributed by atoms with Crippen molar-refractivity contribution in [3.05, 3.63) is 85.0 Å². The maximum absolute atomic E-state index is 12.9. The number of aryl methyl sites for hydroxylation is 3. The number of hydrogen-bond acceptors (Lipinski definition) is 4. The lowest BCUT2D eigenvalue weighted by atomic mass is 10.1. The van der Waals surface area contributed by atoms with Gasteiger partial charge in [0.05, 0.1) is 6.54 Å². The number of imidazole rings is 1. The van der Waals surface area contributed by atoms with E-state index in [4.69, 9.17) is 11.6 Å². The minimum atomic E-state index is -0.501. The van der Waals surface area contributed by atoms with E-state index in [-0.39, 0.29) is 0 Å². The summed E-state index contributed by atoms with van der Waals surface area (Å²) in [6, 6.07) is 13.4. The summed E-state index contributed by atoms with van der Waals surface area (Å²) in [5.74, 6) is 1.00. The summed E-state index contributed by atoms with van der Waals surface area (Å²) in [6.45, 7) is 4.47. The number of hydrogen-bond donors (Lipinski definition) is 1. The Kier molecular flexibility index (Phi) is 4.33. The minimum absolute atomic E-state index is 0.364. The Labute approximate surface area is 181 Å². The number of nitrogens with zero attached hydrogens (tertiary/aromatic N) is 5. The van der Waals surface area contributed by atoms with Crippen LogP contribution in [0.4, 0.5) is 0 Å². The molecule has 1 N–H and O–H groups in total. The predicted molar refractivity (Wildman–Crippen MR) is 120 cm³/mol. The lowest BCUT2D eigenvalue weighted by Crippen LogP contribution is -2.29. The summed E-state index contributed by atoms with van der Waals surface area (Å²) in [5.41, 5.74) is 3.89. The third-order valence-electron chi connectivity index (χ3n) is 5.57. The van der Waals surface area contributed by atoms with Crippen molar-refractivity contribution in [2.24, 2.45) is 7.05 Å². The maximum Gasteiger partial charge on any atom is 0.329 e. The quantitative estimate of drug-likeness (QED) is 0.472. The van der Waals surface area contributed by atoms with Gasteiger partial charge in [0.15, 0.2) is 17.0 Å². The molecule has 3 heterocycles. The Bertz CT molecular complexity index is 1590. The molecule has 9 heteroatoms. The van der Waals surface area contributed by atoms with Crippen LogP contribution in [-0.2, 0) is 13.6 Å². The molecule has 0 aliphatic carbocycles. The number of halogens is 1. The summed E-state index contributed by atoms with van der Waals surface area (Å²) in [5, 5.41) is 9.36. The average molecular weight is 435 g/mol. The first kappa shape index (κ1) is 19.3. The van der Waals surface area contributed by atoms with E-state index in [1.165, 1.54) is 4.57 Å². The number of H-pyrrole nitrogens is 1. The summed E-state index contributed by atoms with van der Waals surface area (Å²) < 4.78 is 4.97. The molecule has 0 aliphatic heterocycles. The summed E-state index contributed by atoms with van der Waals surface area (Å²) in [4.78, 5) is 27.7. The van der Waals surface area contributed by atoms with Gasteiger partial charge in [0, 0.05) is 17.6 Å². The molecule has 0 fully saturated rings. The van der Waals surface area contributed by atoms with Crippen molar-refractivity contribution in [1.29, 1.82) is 0 Å². The highest BCUT2D eigenvalue weighted by molar-refractivity contribution is 6.30. The Hall–Kier alpha value is -3.65. The van der Waals surface area contributed by atoms with E-state index in [2.05, 4.69) is 33.4 Å². The topological polar surface area (TPSA) is 90.0 Å². The van der Waals surface area contributed by atoms with Gasteiger partial charge in [-0.2, -0.15) is 0 Å². The van der Waals surface area contributed by atoms with E-state index >= 15 is 0 Å². The van der Waals surface area contributed by atoms with Gasteiger partial charge >= 0.3 is 5.69 Å². The molecule has 0 bridgehead atoms. The lowest BCUT2D eigenvalue weighted by Gasteiger charge is -2.09. The Morgan fingerprint density at radius 1 is 1.03 bits per heavy atom. The molecule has 0 saturated carbocycles. The molecule has 156 valence electrons. The monoisotopic (exact) mass is 434 g/mol. The smallest absolute Gasteiger partial charge is 0.298 e. The largest absolute Gasteiger partial charge is 0.329 e. The highest BCUT2D eigenvalue weighted by Crippen LogP contribution is 2.26. The van der Waals surface area contributed by atoms with Crippen LogP contribution in [0, 0.1) is 13.8 Å². The van der Waals surface area contributed by atoms with E-state index in [0.29, 0.717) is 34.3 Å². The molecule has 0 spiro atoms. The zero-order valence-corrected chi connectivity index (χ0v) is 17.9. The third-order valence-corrected chi connectivity index (χ3v) is 5.83. The molecule has 0 amide bonds. The summed E-state index contributed by atoms with van der Waals surface area (Å²) in [7, 11) is 1.62. The Balaban J connectivity index is 1.88. The van der Waals surface area contributed by atoms with Crippen molar-refractivity contribution in [2.75, 3.05) is 0 Å². The first-order chi connectivity index (χ1) is 14.8. The van der Waals surface area contributed by atoms with E-state index in [1.807, 2.05) is 30.5 Å². The van der Waals surface area contributed by atoms with Gasteiger partial charge in [0.2, 0.25) is 5.78 Å². The van der Waals surface area contributed by atoms with E-state index in [9.17, 15) is 9.59 Å². The summed E-state index contributed by atoms with van der Waals surface area (Å²) >= 11 is 6.04. The van der Waals surface area contributed by atoms with Gasteiger partial charge in [-0.15, -0.1) is 10.2 Å². The van der Waals surface area contributed by atoms with Crippen LogP contribution in [-0.4, -0.2) is 28.7 Å². The fraction of sp³-hybridized carbons (Fsp3) is 0.182. The van der Waals surface area contributed by atoms with Gasteiger partial charge in [0.1, 0.15) is 0 Å². The minimum Gasteiger partial charge on any atom is -0.298 e. The second-order valence-electron chi connectivity index (χ2n) is 7.67. The molecule has 5 aromatic rings. The first-order valence-corrected chi connectivity index (χ1v) is 10.1. The van der Waals surface area contributed by atoms with Crippen molar-refractivity contribution in [3.63, 3.8) is 0 Å². The van der Waals surface area contributed by atoms with E-state index in [1.54, 1.807) is 23.6 Å². The van der Waals surface area contributed by atoms with Crippen molar-refractivity contribution >= 4 is 28.5 Å². The predicted octanol–water partition coefficient (Wildman–Crippen LogP) is 3.06. The molecule has 8 nitrogen and oxygen atoms in total. The lowest BCUT2D eigenvalue weighted by molar-refractivity contribution is 0.806. The number of aromatic nitrogens is 6. The standard InChI is InChI=1S/C22H19ClN6O2/c1-12-4-5-13(2)15(10-12)11-28-17-19(30)24-22(31)27(3)20(17)29-18(25-26-21(28)29)14-6-8-16(23)9-7-14/h4-10H,11H2,1-3H3,(H,24,30,31). The number of nitrogens with one attached hydrogen (secondary N) is 1. The Morgan fingerprint density at radius 2 is 1.77 bits per heavy atom. The molecule has 0 saturated heterocycles. The highest BCUT2D eigenvalue weighted by Gasteiger charge is 2.23. The molecule has 0 atom stereocenters. The van der Waals surface area contributed by atoms with Crippen LogP contribution in [0.3, 0.4) is 0 Å². The van der Waals surface area contributed by atoms with Gasteiger partial charge in [-0.1, -0.05) is 35.4 Å². The number of fused-ring (bicyclic) bond motifs is 3. The first-order valence-electron chi connectivity index (χ1n) is 9.74. The molecule has 0 unspecified atom stereocenters. The maximum atomic E-state index is 12.9. The molecule has 31 heavy (non-hydrogen) atoms. The van der Waals surface area contributed by atoms with Crippen LogP contribution in [0.15, 0.2) is 52.1 Å². The molecule has 5 rings (SSSR count). The molecule has 3 aromatic heterocycles. The zero-order valence-electron chi connectivity index (χ0n) is 17.2. The Morgan fingerprint density at radius 3 is 2.52 bits per heavy atom. The van der Waals surface area contributed by atoms with Crippen LogP contribution in [0.25, 0.3) is 28.3 Å². The molecular formula is C22H19ClN6O2. The van der Waals surface area contributed by atoms with Gasteiger partial charge < -0.3 is 0 Å². The fourth-order valence-electron chi connectivity index (χ4n) is 3.92. The average Bonchev–Trinajstić information content (AvgIpc) is 3.29. The second kappa shape index (κ2) is 6.95. The van der Waals surface area contributed by atoms with Crippen LogP contribution in [0.1, 0.15) is 16.7 Å². The summed E-state index contributed by atoms with van der Waals surface area (Å²) in [6.07, 6.45) is 0. The van der Waals surface area contributed by atoms with Crippen molar-refractivity contribution in [1.82, 2.24) is 28.7 Å². The van der Waals surface area contributed by atoms with Gasteiger partial charge in [-0.3, -0.25) is 18.9 Å². The molecule has 2 aromatic carbocycles. The van der Waals surface area contributed by atoms with Crippen molar-refractivity contribution < 1.29 is 0 Å². The third kappa shape index (κ3) is 2.98. The number of rotatable bonds is 3. The molecule has 0 aliphatic rings. The second-order valence-corrected chi connectivity index (χ2v) is 8.11. The molecular weight excluding hydrogens is 416 g/mol.